The molecule has 0 amide bonds. The lowest BCUT2D eigenvalue weighted by atomic mass is 9.57. The molecule has 1 aliphatic heterocycles. The van der Waals surface area contributed by atoms with Crippen molar-refractivity contribution in [2.24, 2.45) is 16.3 Å². The van der Waals surface area contributed by atoms with E-state index in [0.29, 0.717) is 18.1 Å². The number of guanidine groups is 1. The highest BCUT2D eigenvalue weighted by Crippen LogP contribution is 2.52. The van der Waals surface area contributed by atoms with E-state index in [4.69, 9.17) is 9.73 Å². The normalized spacial score (nSPS) is 28.9. The van der Waals surface area contributed by atoms with E-state index >= 15 is 0 Å². The maximum atomic E-state index is 5.90. The van der Waals surface area contributed by atoms with Crippen LogP contribution < -0.4 is 5.32 Å². The van der Waals surface area contributed by atoms with Crippen LogP contribution in [0.2, 0.25) is 0 Å². The van der Waals surface area contributed by atoms with Crippen molar-refractivity contribution in [2.75, 3.05) is 20.2 Å². The Morgan fingerprint density at radius 3 is 2.78 bits per heavy atom. The molecule has 1 aliphatic carbocycles. The van der Waals surface area contributed by atoms with Gasteiger partial charge in [-0.2, -0.15) is 0 Å². The number of hydrogen-bond donors (Lipinski definition) is 1. The van der Waals surface area contributed by atoms with Crippen molar-refractivity contribution in [3.05, 3.63) is 35.9 Å². The van der Waals surface area contributed by atoms with Gasteiger partial charge in [-0.25, -0.2) is 0 Å². The van der Waals surface area contributed by atoms with Crippen molar-refractivity contribution in [1.82, 2.24) is 10.2 Å². The van der Waals surface area contributed by atoms with Crippen LogP contribution >= 0.6 is 0 Å². The number of hydrogen-bond acceptors (Lipinski definition) is 2. The van der Waals surface area contributed by atoms with Crippen LogP contribution in [0.25, 0.3) is 0 Å². The molecule has 3 unspecified atom stereocenters. The van der Waals surface area contributed by atoms with E-state index < -0.39 is 0 Å². The fourth-order valence-corrected chi connectivity index (χ4v) is 4.11. The van der Waals surface area contributed by atoms with E-state index in [1.54, 1.807) is 0 Å². The summed E-state index contributed by atoms with van der Waals surface area (Å²) in [6.45, 7) is 9.25. The number of rotatable bonds is 4. The summed E-state index contributed by atoms with van der Waals surface area (Å²) in [5, 5.41) is 3.73. The summed E-state index contributed by atoms with van der Waals surface area (Å²) in [5.41, 5.74) is 1.47. The third-order valence-electron chi connectivity index (χ3n) is 5.32. The average molecular weight is 315 g/mol. The summed E-state index contributed by atoms with van der Waals surface area (Å²) >= 11 is 0. The van der Waals surface area contributed by atoms with Gasteiger partial charge in [0.1, 0.15) is 0 Å². The van der Waals surface area contributed by atoms with Crippen molar-refractivity contribution >= 4 is 5.96 Å². The molecule has 126 valence electrons. The molecule has 1 aromatic rings. The summed E-state index contributed by atoms with van der Waals surface area (Å²) in [6.07, 6.45) is 1.57. The van der Waals surface area contributed by atoms with E-state index in [1.807, 2.05) is 0 Å². The fraction of sp³-hybridized carbons (Fsp3) is 0.632. The van der Waals surface area contributed by atoms with Gasteiger partial charge in [0.15, 0.2) is 5.96 Å². The second kappa shape index (κ2) is 6.52. The summed E-state index contributed by atoms with van der Waals surface area (Å²) in [7, 11) is 2.11. The van der Waals surface area contributed by atoms with E-state index in [9.17, 15) is 0 Å². The van der Waals surface area contributed by atoms with Gasteiger partial charge in [-0.1, -0.05) is 44.2 Å². The van der Waals surface area contributed by atoms with Gasteiger partial charge in [0.2, 0.25) is 0 Å². The molecule has 0 bridgehead atoms. The van der Waals surface area contributed by atoms with Crippen molar-refractivity contribution in [3.8, 4) is 0 Å². The van der Waals surface area contributed by atoms with Gasteiger partial charge in [-0.05, 0) is 18.9 Å². The SMILES string of the molecule is CCN=C(NC1C2CCOC2C1(C)C)N(C)Cc1ccccc1. The molecule has 2 aliphatic rings. The van der Waals surface area contributed by atoms with Crippen LogP contribution in [0.4, 0.5) is 0 Å². The average Bonchev–Trinajstić information content (AvgIpc) is 2.99. The van der Waals surface area contributed by atoms with E-state index in [1.165, 1.54) is 5.56 Å². The highest BCUT2D eigenvalue weighted by molar-refractivity contribution is 5.80. The Morgan fingerprint density at radius 2 is 2.09 bits per heavy atom. The lowest BCUT2D eigenvalue weighted by molar-refractivity contribution is -0.107. The Hall–Kier alpha value is -1.55. The predicted molar refractivity (Wildman–Crippen MR) is 94.4 cm³/mol. The Morgan fingerprint density at radius 1 is 1.35 bits per heavy atom. The highest BCUT2D eigenvalue weighted by Gasteiger charge is 2.59. The standard InChI is InChI=1S/C19H29N3O/c1-5-20-18(22(4)13-14-9-7-6-8-10-14)21-16-15-11-12-23-17(15)19(16,2)3/h6-10,15-17H,5,11-13H2,1-4H3,(H,20,21). The number of ether oxygens (including phenoxy) is 1. The van der Waals surface area contributed by atoms with Crippen LogP contribution in [0.3, 0.4) is 0 Å². The van der Waals surface area contributed by atoms with Crippen LogP contribution in [0.15, 0.2) is 35.3 Å². The molecule has 1 aromatic carbocycles. The molecule has 1 heterocycles. The fourth-order valence-electron chi connectivity index (χ4n) is 4.11. The minimum atomic E-state index is 0.170. The Kier molecular flexibility index (Phi) is 4.62. The van der Waals surface area contributed by atoms with Crippen LogP contribution in [-0.2, 0) is 11.3 Å². The number of aliphatic imine (C=N–C) groups is 1. The van der Waals surface area contributed by atoms with Crippen LogP contribution in [0.1, 0.15) is 32.8 Å². The molecule has 3 atom stereocenters. The van der Waals surface area contributed by atoms with Crippen LogP contribution in [0, 0.1) is 11.3 Å². The van der Waals surface area contributed by atoms with Gasteiger partial charge in [-0.15, -0.1) is 0 Å². The molecule has 2 fully saturated rings. The quantitative estimate of drug-likeness (QED) is 0.686. The zero-order valence-corrected chi connectivity index (χ0v) is 14.7. The van der Waals surface area contributed by atoms with E-state index in [-0.39, 0.29) is 5.41 Å². The number of nitrogens with one attached hydrogen (secondary N) is 1. The molecule has 1 saturated carbocycles. The lowest BCUT2D eigenvalue weighted by Gasteiger charge is -2.55. The summed E-state index contributed by atoms with van der Waals surface area (Å²) in [5.74, 6) is 1.62. The number of benzene rings is 1. The van der Waals surface area contributed by atoms with Gasteiger partial charge < -0.3 is 15.0 Å². The van der Waals surface area contributed by atoms with Crippen LogP contribution in [0.5, 0.6) is 0 Å². The first-order valence-electron chi connectivity index (χ1n) is 8.71. The van der Waals surface area contributed by atoms with Crippen molar-refractivity contribution in [2.45, 2.75) is 45.9 Å². The molecular formula is C19H29N3O. The molecule has 0 aromatic heterocycles. The van der Waals surface area contributed by atoms with Gasteiger partial charge >= 0.3 is 0 Å². The molecular weight excluding hydrogens is 286 g/mol. The first-order valence-corrected chi connectivity index (χ1v) is 8.71. The number of nitrogens with zero attached hydrogens (tertiary/aromatic N) is 2. The minimum Gasteiger partial charge on any atom is -0.377 e. The molecule has 4 heteroatoms. The highest BCUT2D eigenvalue weighted by atomic mass is 16.5. The minimum absolute atomic E-state index is 0.170. The van der Waals surface area contributed by atoms with Crippen molar-refractivity contribution < 1.29 is 4.74 Å². The molecule has 3 rings (SSSR count). The number of fused-ring (bicyclic) bond motifs is 1. The van der Waals surface area contributed by atoms with E-state index in [0.717, 1.165) is 32.1 Å². The van der Waals surface area contributed by atoms with Crippen LogP contribution in [-0.4, -0.2) is 43.2 Å². The molecule has 4 nitrogen and oxygen atoms in total. The third kappa shape index (κ3) is 3.09. The van der Waals surface area contributed by atoms with Gasteiger partial charge in [0.25, 0.3) is 0 Å². The first-order chi connectivity index (χ1) is 11.0. The first kappa shape index (κ1) is 16.3. The molecule has 0 radical (unpaired) electrons. The zero-order valence-electron chi connectivity index (χ0n) is 14.7. The Balaban J connectivity index is 1.68. The Bertz CT molecular complexity index is 555. The van der Waals surface area contributed by atoms with Crippen molar-refractivity contribution in [1.29, 1.82) is 0 Å². The molecule has 1 N–H and O–H groups in total. The molecule has 1 saturated heterocycles. The zero-order chi connectivity index (χ0) is 16.4. The monoisotopic (exact) mass is 315 g/mol. The summed E-state index contributed by atoms with van der Waals surface area (Å²) in [6, 6.07) is 11.0. The molecule has 0 spiro atoms. The van der Waals surface area contributed by atoms with Gasteiger partial charge in [0, 0.05) is 44.1 Å². The van der Waals surface area contributed by atoms with Gasteiger partial charge in [-0.3, -0.25) is 4.99 Å². The predicted octanol–water partition coefficient (Wildman–Crippen LogP) is 2.90. The smallest absolute Gasteiger partial charge is 0.194 e. The summed E-state index contributed by atoms with van der Waals surface area (Å²) < 4.78 is 5.90. The second-order valence-corrected chi connectivity index (χ2v) is 7.33. The third-order valence-corrected chi connectivity index (χ3v) is 5.32. The van der Waals surface area contributed by atoms with Crippen molar-refractivity contribution in [3.63, 3.8) is 0 Å². The topological polar surface area (TPSA) is 36.9 Å². The second-order valence-electron chi connectivity index (χ2n) is 7.33. The van der Waals surface area contributed by atoms with E-state index in [2.05, 4.69) is 68.4 Å². The lowest BCUT2D eigenvalue weighted by Crippen LogP contribution is -2.67. The maximum Gasteiger partial charge on any atom is 0.194 e. The maximum absolute atomic E-state index is 5.90. The summed E-state index contributed by atoms with van der Waals surface area (Å²) in [4.78, 5) is 6.93. The largest absolute Gasteiger partial charge is 0.377 e. The Labute approximate surface area is 139 Å². The van der Waals surface area contributed by atoms with Gasteiger partial charge in [0.05, 0.1) is 6.10 Å². The molecule has 23 heavy (non-hydrogen) atoms.